The van der Waals surface area contributed by atoms with Crippen molar-refractivity contribution in [3.05, 3.63) is 78.1 Å². The van der Waals surface area contributed by atoms with Crippen molar-refractivity contribution in [2.24, 2.45) is 0 Å². The van der Waals surface area contributed by atoms with Gasteiger partial charge in [0.1, 0.15) is 11.2 Å². The first kappa shape index (κ1) is 16.0. The minimum Gasteiger partial charge on any atom is -0.308 e. The highest BCUT2D eigenvalue weighted by molar-refractivity contribution is 7.99. The second kappa shape index (κ2) is 6.76. The molecule has 0 saturated carbocycles. The first-order valence-electron chi connectivity index (χ1n) is 8.15. The lowest BCUT2D eigenvalue weighted by atomic mass is 10.1. The first-order chi connectivity index (χ1) is 12.2. The van der Waals surface area contributed by atoms with Crippen LogP contribution >= 0.6 is 11.8 Å². The Labute approximate surface area is 149 Å². The van der Waals surface area contributed by atoms with Gasteiger partial charge in [0, 0.05) is 17.7 Å². The number of hydrogen-bond acceptors (Lipinski definition) is 2. The standard InChI is InChI=1S/C20H17FN2OS/c21-16-10-8-15(9-11-16)19-23(12-13-25-19)20(24)22-18-7-3-5-14-4-1-2-6-17(14)18/h1-11,19H,12-13H2,(H,22,24). The maximum Gasteiger partial charge on any atom is 0.323 e. The smallest absolute Gasteiger partial charge is 0.308 e. The maximum absolute atomic E-state index is 13.2. The van der Waals surface area contributed by atoms with Crippen LogP contribution < -0.4 is 5.32 Å². The first-order valence-corrected chi connectivity index (χ1v) is 9.20. The molecule has 4 rings (SSSR count). The van der Waals surface area contributed by atoms with Crippen LogP contribution in [-0.4, -0.2) is 23.2 Å². The number of carbonyl (C=O) groups excluding carboxylic acids is 1. The third-order valence-corrected chi connectivity index (χ3v) is 5.60. The van der Waals surface area contributed by atoms with Crippen LogP contribution in [0.15, 0.2) is 66.7 Å². The Morgan fingerprint density at radius 1 is 1.04 bits per heavy atom. The molecule has 0 spiro atoms. The number of amides is 2. The zero-order valence-electron chi connectivity index (χ0n) is 13.5. The van der Waals surface area contributed by atoms with Gasteiger partial charge in [-0.3, -0.25) is 0 Å². The average Bonchev–Trinajstić information content (AvgIpc) is 3.12. The van der Waals surface area contributed by atoms with E-state index >= 15 is 0 Å². The summed E-state index contributed by atoms with van der Waals surface area (Å²) in [5.41, 5.74) is 1.75. The van der Waals surface area contributed by atoms with Crippen molar-refractivity contribution in [2.45, 2.75) is 5.37 Å². The van der Waals surface area contributed by atoms with Crippen molar-refractivity contribution < 1.29 is 9.18 Å². The molecule has 1 aliphatic heterocycles. The van der Waals surface area contributed by atoms with Crippen molar-refractivity contribution in [3.8, 4) is 0 Å². The van der Waals surface area contributed by atoms with Crippen molar-refractivity contribution in [2.75, 3.05) is 17.6 Å². The number of nitrogens with zero attached hydrogens (tertiary/aromatic N) is 1. The lowest BCUT2D eigenvalue weighted by Gasteiger charge is -2.24. The maximum atomic E-state index is 13.2. The summed E-state index contributed by atoms with van der Waals surface area (Å²) in [6.07, 6.45) is 0. The van der Waals surface area contributed by atoms with Gasteiger partial charge in [-0.2, -0.15) is 0 Å². The van der Waals surface area contributed by atoms with Gasteiger partial charge in [0.25, 0.3) is 0 Å². The SMILES string of the molecule is O=C(Nc1cccc2ccccc12)N1CCSC1c1ccc(F)cc1. The van der Waals surface area contributed by atoms with Gasteiger partial charge >= 0.3 is 6.03 Å². The largest absolute Gasteiger partial charge is 0.323 e. The summed E-state index contributed by atoms with van der Waals surface area (Å²) in [4.78, 5) is 14.6. The molecule has 3 aromatic rings. The minimum absolute atomic E-state index is 0.0874. The summed E-state index contributed by atoms with van der Waals surface area (Å²) < 4.78 is 13.2. The van der Waals surface area contributed by atoms with Gasteiger partial charge in [0.15, 0.2) is 0 Å². The van der Waals surface area contributed by atoms with Crippen molar-refractivity contribution >= 4 is 34.3 Å². The number of hydrogen-bond donors (Lipinski definition) is 1. The molecule has 0 bridgehead atoms. The normalized spacial score (nSPS) is 17.0. The fourth-order valence-corrected chi connectivity index (χ4v) is 4.36. The summed E-state index contributed by atoms with van der Waals surface area (Å²) in [5.74, 6) is 0.601. The third kappa shape index (κ3) is 3.20. The van der Waals surface area contributed by atoms with Gasteiger partial charge in [-0.15, -0.1) is 11.8 Å². The van der Waals surface area contributed by atoms with Crippen molar-refractivity contribution in [1.82, 2.24) is 4.90 Å². The van der Waals surface area contributed by atoms with Gasteiger partial charge in [-0.05, 0) is 29.1 Å². The highest BCUT2D eigenvalue weighted by Gasteiger charge is 2.30. The third-order valence-electron chi connectivity index (χ3n) is 4.34. The number of thioether (sulfide) groups is 1. The molecule has 1 unspecified atom stereocenters. The van der Waals surface area contributed by atoms with Gasteiger partial charge in [-0.1, -0.05) is 48.5 Å². The lowest BCUT2D eigenvalue weighted by Crippen LogP contribution is -2.34. The van der Waals surface area contributed by atoms with Crippen LogP contribution in [0, 0.1) is 5.82 Å². The minimum atomic E-state index is -0.265. The van der Waals surface area contributed by atoms with Crippen LogP contribution in [-0.2, 0) is 0 Å². The van der Waals surface area contributed by atoms with E-state index in [1.165, 1.54) is 12.1 Å². The van der Waals surface area contributed by atoms with E-state index < -0.39 is 0 Å². The molecular formula is C20H17FN2OS. The number of carbonyl (C=O) groups is 1. The molecule has 1 heterocycles. The monoisotopic (exact) mass is 352 g/mol. The van der Waals surface area contributed by atoms with E-state index in [1.54, 1.807) is 28.8 Å². The number of anilines is 1. The Balaban J connectivity index is 1.58. The van der Waals surface area contributed by atoms with Crippen LogP contribution in [0.2, 0.25) is 0 Å². The summed E-state index contributed by atoms with van der Waals surface area (Å²) in [7, 11) is 0. The average molecular weight is 352 g/mol. The number of halogens is 1. The van der Waals surface area contributed by atoms with Crippen LogP contribution in [0.1, 0.15) is 10.9 Å². The van der Waals surface area contributed by atoms with E-state index in [4.69, 9.17) is 0 Å². The number of benzene rings is 3. The molecule has 1 N–H and O–H groups in total. The van der Waals surface area contributed by atoms with Gasteiger partial charge < -0.3 is 10.2 Å². The highest BCUT2D eigenvalue weighted by Crippen LogP contribution is 2.38. The molecule has 3 aromatic carbocycles. The highest BCUT2D eigenvalue weighted by atomic mass is 32.2. The molecule has 2 amide bonds. The second-order valence-electron chi connectivity index (χ2n) is 5.92. The molecule has 1 fully saturated rings. The number of nitrogens with one attached hydrogen (secondary N) is 1. The topological polar surface area (TPSA) is 32.3 Å². The fourth-order valence-electron chi connectivity index (χ4n) is 3.10. The number of rotatable bonds is 2. The van der Waals surface area contributed by atoms with E-state index in [2.05, 4.69) is 5.32 Å². The zero-order valence-corrected chi connectivity index (χ0v) is 14.3. The molecule has 3 nitrogen and oxygen atoms in total. The molecule has 0 aliphatic carbocycles. The predicted molar refractivity (Wildman–Crippen MR) is 101 cm³/mol. The Morgan fingerprint density at radius 3 is 2.64 bits per heavy atom. The van der Waals surface area contributed by atoms with E-state index in [9.17, 15) is 9.18 Å². The number of urea groups is 1. The Kier molecular flexibility index (Phi) is 4.32. The summed E-state index contributed by atoms with van der Waals surface area (Å²) in [6.45, 7) is 0.670. The molecule has 25 heavy (non-hydrogen) atoms. The molecule has 126 valence electrons. The van der Waals surface area contributed by atoms with Crippen LogP contribution in [0.4, 0.5) is 14.9 Å². The molecule has 1 saturated heterocycles. The van der Waals surface area contributed by atoms with Crippen molar-refractivity contribution in [3.63, 3.8) is 0 Å². The fraction of sp³-hybridized carbons (Fsp3) is 0.150. The van der Waals surface area contributed by atoms with Gasteiger partial charge in [0.2, 0.25) is 0 Å². The Morgan fingerprint density at radius 2 is 1.80 bits per heavy atom. The molecule has 5 heteroatoms. The van der Waals surface area contributed by atoms with E-state index in [0.717, 1.165) is 27.8 Å². The predicted octanol–water partition coefficient (Wildman–Crippen LogP) is 5.26. The molecule has 0 aromatic heterocycles. The Hall–Kier alpha value is -2.53. The molecule has 0 radical (unpaired) electrons. The van der Waals surface area contributed by atoms with Crippen LogP contribution in [0.5, 0.6) is 0 Å². The van der Waals surface area contributed by atoms with E-state index in [1.807, 2.05) is 42.5 Å². The summed E-state index contributed by atoms with van der Waals surface area (Å²) >= 11 is 1.69. The summed E-state index contributed by atoms with van der Waals surface area (Å²) in [5, 5.41) is 5.06. The van der Waals surface area contributed by atoms with Crippen LogP contribution in [0.25, 0.3) is 10.8 Å². The van der Waals surface area contributed by atoms with E-state index in [0.29, 0.717) is 6.54 Å². The molecule has 1 atom stereocenters. The molecule has 1 aliphatic rings. The molecular weight excluding hydrogens is 335 g/mol. The van der Waals surface area contributed by atoms with Gasteiger partial charge in [-0.25, -0.2) is 9.18 Å². The lowest BCUT2D eigenvalue weighted by molar-refractivity contribution is 0.214. The quantitative estimate of drug-likeness (QED) is 0.682. The van der Waals surface area contributed by atoms with Gasteiger partial charge in [0.05, 0.1) is 5.69 Å². The van der Waals surface area contributed by atoms with E-state index in [-0.39, 0.29) is 17.2 Å². The summed E-state index contributed by atoms with van der Waals surface area (Å²) in [6, 6.07) is 20.1. The number of fused-ring (bicyclic) bond motifs is 1. The van der Waals surface area contributed by atoms with Crippen LogP contribution in [0.3, 0.4) is 0 Å². The zero-order chi connectivity index (χ0) is 17.2. The van der Waals surface area contributed by atoms with Crippen molar-refractivity contribution in [1.29, 1.82) is 0 Å². The second-order valence-corrected chi connectivity index (χ2v) is 7.11. The Bertz CT molecular complexity index is 908.